The van der Waals surface area contributed by atoms with Crippen LogP contribution < -0.4 is 19.1 Å². The van der Waals surface area contributed by atoms with Crippen molar-refractivity contribution in [3.63, 3.8) is 0 Å². The van der Waals surface area contributed by atoms with Crippen LogP contribution in [0.3, 0.4) is 0 Å². The lowest BCUT2D eigenvalue weighted by atomic mass is 10.1. The van der Waals surface area contributed by atoms with Crippen LogP contribution in [0.15, 0.2) is 42.5 Å². The SMILES string of the molecule is CC(C)NC(=O)[C@@H](C)N(Cc1ccccc1Cl)C(=O)CCCN(c1ccc2c(c1)OCO2)S(C)(=O)=O. The van der Waals surface area contributed by atoms with E-state index in [1.807, 2.05) is 19.9 Å². The zero-order chi connectivity index (χ0) is 26.5. The van der Waals surface area contributed by atoms with Gasteiger partial charge in [-0.05, 0) is 51.0 Å². The molecule has 0 spiro atoms. The van der Waals surface area contributed by atoms with Gasteiger partial charge in [0.05, 0.1) is 11.9 Å². The summed E-state index contributed by atoms with van der Waals surface area (Å²) in [4.78, 5) is 27.5. The number of nitrogens with zero attached hydrogens (tertiary/aromatic N) is 2. The van der Waals surface area contributed by atoms with Gasteiger partial charge < -0.3 is 19.7 Å². The number of halogens is 1. The van der Waals surface area contributed by atoms with Gasteiger partial charge in [0, 0.05) is 36.6 Å². The maximum absolute atomic E-state index is 13.3. The third-order valence-corrected chi connectivity index (χ3v) is 7.26. The number of hydrogen-bond donors (Lipinski definition) is 1. The lowest BCUT2D eigenvalue weighted by molar-refractivity contribution is -0.140. The van der Waals surface area contributed by atoms with Crippen molar-refractivity contribution in [1.82, 2.24) is 10.2 Å². The van der Waals surface area contributed by atoms with Gasteiger partial charge in [0.15, 0.2) is 11.5 Å². The van der Waals surface area contributed by atoms with E-state index >= 15 is 0 Å². The van der Waals surface area contributed by atoms with E-state index in [4.69, 9.17) is 21.1 Å². The van der Waals surface area contributed by atoms with Crippen molar-refractivity contribution in [1.29, 1.82) is 0 Å². The van der Waals surface area contributed by atoms with Gasteiger partial charge in [-0.3, -0.25) is 13.9 Å². The average molecular weight is 538 g/mol. The lowest BCUT2D eigenvalue weighted by Crippen LogP contribution is -2.49. The summed E-state index contributed by atoms with van der Waals surface area (Å²) in [5, 5.41) is 3.34. The Morgan fingerprint density at radius 3 is 2.44 bits per heavy atom. The third kappa shape index (κ3) is 7.04. The molecular weight excluding hydrogens is 506 g/mol. The second-order valence-electron chi connectivity index (χ2n) is 8.93. The number of hydrogen-bond acceptors (Lipinski definition) is 6. The molecule has 1 aliphatic heterocycles. The molecule has 196 valence electrons. The molecule has 0 fully saturated rings. The number of amides is 2. The number of benzene rings is 2. The van der Waals surface area contributed by atoms with Gasteiger partial charge in [-0.25, -0.2) is 8.42 Å². The predicted octanol–water partition coefficient (Wildman–Crippen LogP) is 3.56. The fraction of sp³-hybridized carbons (Fsp3) is 0.440. The molecule has 0 aliphatic carbocycles. The first kappa shape index (κ1) is 27.6. The highest BCUT2D eigenvalue weighted by atomic mass is 35.5. The molecule has 1 atom stereocenters. The smallest absolute Gasteiger partial charge is 0.242 e. The number of anilines is 1. The molecule has 1 aliphatic rings. The molecule has 1 N–H and O–H groups in total. The summed E-state index contributed by atoms with van der Waals surface area (Å²) >= 11 is 6.31. The fourth-order valence-electron chi connectivity index (χ4n) is 3.84. The monoisotopic (exact) mass is 537 g/mol. The van der Waals surface area contributed by atoms with E-state index in [1.165, 1.54) is 9.21 Å². The summed E-state index contributed by atoms with van der Waals surface area (Å²) in [6.07, 6.45) is 1.40. The Hall–Kier alpha value is -2.98. The van der Waals surface area contributed by atoms with E-state index in [0.717, 1.165) is 11.8 Å². The second-order valence-corrected chi connectivity index (χ2v) is 11.2. The van der Waals surface area contributed by atoms with Crippen LogP contribution in [-0.4, -0.2) is 56.8 Å². The highest BCUT2D eigenvalue weighted by molar-refractivity contribution is 7.92. The van der Waals surface area contributed by atoms with Gasteiger partial charge in [-0.2, -0.15) is 0 Å². The zero-order valence-electron chi connectivity index (χ0n) is 20.9. The summed E-state index contributed by atoms with van der Waals surface area (Å²) < 4.78 is 36.9. The number of fused-ring (bicyclic) bond motifs is 1. The molecule has 2 aromatic carbocycles. The molecule has 9 nitrogen and oxygen atoms in total. The van der Waals surface area contributed by atoms with Gasteiger partial charge >= 0.3 is 0 Å². The van der Waals surface area contributed by atoms with Crippen LogP contribution in [0.5, 0.6) is 11.5 Å². The summed E-state index contributed by atoms with van der Waals surface area (Å²) in [6.45, 7) is 5.68. The minimum atomic E-state index is -3.62. The molecule has 0 saturated heterocycles. The summed E-state index contributed by atoms with van der Waals surface area (Å²) in [6, 6.07) is 11.2. The Labute approximate surface area is 217 Å². The molecule has 0 bridgehead atoms. The maximum atomic E-state index is 13.3. The maximum Gasteiger partial charge on any atom is 0.242 e. The van der Waals surface area contributed by atoms with Crippen LogP contribution >= 0.6 is 11.6 Å². The van der Waals surface area contributed by atoms with E-state index in [1.54, 1.807) is 43.3 Å². The molecule has 11 heteroatoms. The van der Waals surface area contributed by atoms with Crippen LogP contribution in [0.4, 0.5) is 5.69 Å². The largest absolute Gasteiger partial charge is 0.454 e. The number of rotatable bonds is 11. The molecule has 1 heterocycles. The van der Waals surface area contributed by atoms with Crippen molar-refractivity contribution >= 4 is 39.1 Å². The van der Waals surface area contributed by atoms with Crippen LogP contribution in [0.25, 0.3) is 0 Å². The van der Waals surface area contributed by atoms with Crippen molar-refractivity contribution in [3.05, 3.63) is 53.1 Å². The van der Waals surface area contributed by atoms with Crippen molar-refractivity contribution in [2.75, 3.05) is 23.9 Å². The highest BCUT2D eigenvalue weighted by Gasteiger charge is 2.28. The Kier molecular flexibility index (Phi) is 9.08. The van der Waals surface area contributed by atoms with Crippen molar-refractivity contribution in [2.24, 2.45) is 0 Å². The Morgan fingerprint density at radius 2 is 1.78 bits per heavy atom. The second kappa shape index (κ2) is 11.8. The van der Waals surface area contributed by atoms with E-state index in [-0.39, 0.29) is 50.6 Å². The molecule has 3 rings (SSSR count). The number of nitrogens with one attached hydrogen (secondary N) is 1. The van der Waals surface area contributed by atoms with Crippen molar-refractivity contribution in [2.45, 2.75) is 52.2 Å². The first-order valence-electron chi connectivity index (χ1n) is 11.7. The standard InChI is InChI=1S/C25H32ClN3O6S/c1-17(2)27-25(31)18(3)28(15-19-8-5-6-9-21(19)26)24(30)10-7-13-29(36(4,32)33)20-11-12-22-23(14-20)35-16-34-22/h5-6,8-9,11-12,14,17-18H,7,10,13,15-16H2,1-4H3,(H,27,31)/t18-/m1/s1. The van der Waals surface area contributed by atoms with Gasteiger partial charge in [-0.1, -0.05) is 29.8 Å². The van der Waals surface area contributed by atoms with Gasteiger partial charge in [0.1, 0.15) is 6.04 Å². The topological polar surface area (TPSA) is 105 Å². The molecule has 0 unspecified atom stereocenters. The molecule has 2 aromatic rings. The molecule has 0 aromatic heterocycles. The average Bonchev–Trinajstić information content (AvgIpc) is 3.27. The molecule has 36 heavy (non-hydrogen) atoms. The van der Waals surface area contributed by atoms with E-state index in [0.29, 0.717) is 22.2 Å². The van der Waals surface area contributed by atoms with Crippen molar-refractivity contribution in [3.8, 4) is 11.5 Å². The quantitative estimate of drug-likeness (QED) is 0.470. The highest BCUT2D eigenvalue weighted by Crippen LogP contribution is 2.36. The number of ether oxygens (including phenoxy) is 2. The molecule has 2 amide bonds. The van der Waals surface area contributed by atoms with Crippen LogP contribution in [0.2, 0.25) is 5.02 Å². The number of carbonyl (C=O) groups is 2. The van der Waals surface area contributed by atoms with E-state index < -0.39 is 16.1 Å². The van der Waals surface area contributed by atoms with Crippen molar-refractivity contribution < 1.29 is 27.5 Å². The minimum absolute atomic E-state index is 0.0420. The molecular formula is C25H32ClN3O6S. The fourth-order valence-corrected chi connectivity index (χ4v) is 4.99. The zero-order valence-corrected chi connectivity index (χ0v) is 22.4. The Balaban J connectivity index is 1.74. The minimum Gasteiger partial charge on any atom is -0.454 e. The Morgan fingerprint density at radius 1 is 1.08 bits per heavy atom. The van der Waals surface area contributed by atoms with Crippen LogP contribution in [0.1, 0.15) is 39.2 Å². The van der Waals surface area contributed by atoms with Crippen LogP contribution in [0, 0.1) is 0 Å². The molecule has 0 radical (unpaired) electrons. The number of carbonyl (C=O) groups excluding carboxylic acids is 2. The first-order chi connectivity index (χ1) is 17.0. The summed E-state index contributed by atoms with van der Waals surface area (Å²) in [5.74, 6) is 0.461. The predicted molar refractivity (Wildman–Crippen MR) is 139 cm³/mol. The number of sulfonamides is 1. The summed E-state index contributed by atoms with van der Waals surface area (Å²) in [5.41, 5.74) is 1.14. The summed E-state index contributed by atoms with van der Waals surface area (Å²) in [7, 11) is -3.62. The van der Waals surface area contributed by atoms with Gasteiger partial charge in [0.2, 0.25) is 28.6 Å². The lowest BCUT2D eigenvalue weighted by Gasteiger charge is -2.30. The van der Waals surface area contributed by atoms with Gasteiger partial charge in [-0.15, -0.1) is 0 Å². The third-order valence-electron chi connectivity index (χ3n) is 5.69. The first-order valence-corrected chi connectivity index (χ1v) is 13.9. The van der Waals surface area contributed by atoms with Gasteiger partial charge in [0.25, 0.3) is 0 Å². The van der Waals surface area contributed by atoms with E-state index in [2.05, 4.69) is 5.32 Å². The normalized spacial score (nSPS) is 13.4. The van der Waals surface area contributed by atoms with Crippen LogP contribution in [-0.2, 0) is 26.2 Å². The van der Waals surface area contributed by atoms with E-state index in [9.17, 15) is 18.0 Å². The Bertz CT molecular complexity index is 1200. The molecule has 0 saturated carbocycles.